The van der Waals surface area contributed by atoms with Gasteiger partial charge in [0.05, 0.1) is 18.1 Å². The standard InChI is InChI=1S/C13H16N2O2S/c1-2-18(17)8-7-15-13(16)9-11-3-5-12(10-14)6-4-11/h3-6H,2,7-9H2,1H3,(H,15,16). The fourth-order valence-electron chi connectivity index (χ4n) is 1.39. The predicted molar refractivity (Wildman–Crippen MR) is 71.4 cm³/mol. The van der Waals surface area contributed by atoms with Crippen molar-refractivity contribution in [3.63, 3.8) is 0 Å². The second kappa shape index (κ2) is 7.62. The summed E-state index contributed by atoms with van der Waals surface area (Å²) in [6.07, 6.45) is 0.282. The lowest BCUT2D eigenvalue weighted by molar-refractivity contribution is -0.120. The molecule has 96 valence electrons. The Bertz CT molecular complexity index is 463. The number of carbonyl (C=O) groups excluding carboxylic acids is 1. The van der Waals surface area contributed by atoms with Crippen LogP contribution in [0.25, 0.3) is 0 Å². The molecule has 1 aromatic carbocycles. The van der Waals surface area contributed by atoms with Crippen LogP contribution in [0.1, 0.15) is 18.1 Å². The van der Waals surface area contributed by atoms with Crippen LogP contribution in [0.3, 0.4) is 0 Å². The number of hydrogen-bond acceptors (Lipinski definition) is 3. The molecule has 1 N–H and O–H groups in total. The molecule has 0 bridgehead atoms. The molecule has 1 aromatic rings. The van der Waals surface area contributed by atoms with E-state index in [9.17, 15) is 9.00 Å². The maximum Gasteiger partial charge on any atom is 0.224 e. The Hall–Kier alpha value is -1.67. The maximum atomic E-state index is 11.6. The van der Waals surface area contributed by atoms with E-state index in [4.69, 9.17) is 5.26 Å². The monoisotopic (exact) mass is 264 g/mol. The van der Waals surface area contributed by atoms with Crippen LogP contribution < -0.4 is 5.32 Å². The normalized spacial score (nSPS) is 11.6. The van der Waals surface area contributed by atoms with Crippen molar-refractivity contribution in [1.29, 1.82) is 5.26 Å². The molecule has 0 aliphatic carbocycles. The number of benzene rings is 1. The number of nitrogens with zero attached hydrogens (tertiary/aromatic N) is 1. The van der Waals surface area contributed by atoms with Crippen molar-refractivity contribution in [3.8, 4) is 6.07 Å². The van der Waals surface area contributed by atoms with Crippen molar-refractivity contribution in [2.24, 2.45) is 0 Å². The number of carbonyl (C=O) groups is 1. The van der Waals surface area contributed by atoms with Gasteiger partial charge in [0, 0.05) is 28.9 Å². The van der Waals surface area contributed by atoms with Gasteiger partial charge < -0.3 is 5.32 Å². The minimum atomic E-state index is -0.845. The van der Waals surface area contributed by atoms with Crippen molar-refractivity contribution in [2.75, 3.05) is 18.1 Å². The van der Waals surface area contributed by atoms with Crippen molar-refractivity contribution < 1.29 is 9.00 Å². The van der Waals surface area contributed by atoms with Crippen LogP contribution in [-0.4, -0.2) is 28.2 Å². The quantitative estimate of drug-likeness (QED) is 0.833. The highest BCUT2D eigenvalue weighted by atomic mass is 32.2. The first-order chi connectivity index (χ1) is 8.65. The molecule has 0 saturated heterocycles. The fourth-order valence-corrected chi connectivity index (χ4v) is 2.01. The lowest BCUT2D eigenvalue weighted by atomic mass is 10.1. The summed E-state index contributed by atoms with van der Waals surface area (Å²) in [5, 5.41) is 11.4. The van der Waals surface area contributed by atoms with Gasteiger partial charge in [-0.1, -0.05) is 19.1 Å². The first-order valence-corrected chi connectivity index (χ1v) is 7.25. The van der Waals surface area contributed by atoms with Crippen LogP contribution in [0.4, 0.5) is 0 Å². The van der Waals surface area contributed by atoms with E-state index in [1.807, 2.05) is 13.0 Å². The van der Waals surface area contributed by atoms with E-state index in [0.29, 0.717) is 23.6 Å². The highest BCUT2D eigenvalue weighted by molar-refractivity contribution is 7.84. The van der Waals surface area contributed by atoms with E-state index in [-0.39, 0.29) is 12.3 Å². The summed E-state index contributed by atoms with van der Waals surface area (Å²) >= 11 is 0. The first kappa shape index (κ1) is 14.4. The molecule has 1 amide bonds. The highest BCUT2D eigenvalue weighted by Gasteiger charge is 2.04. The third-order valence-electron chi connectivity index (χ3n) is 2.42. The van der Waals surface area contributed by atoms with Gasteiger partial charge in [0.2, 0.25) is 5.91 Å². The summed E-state index contributed by atoms with van der Waals surface area (Å²) in [4.78, 5) is 11.6. The van der Waals surface area contributed by atoms with Crippen LogP contribution in [0.5, 0.6) is 0 Å². The Kier molecular flexibility index (Phi) is 6.09. The number of amides is 1. The lowest BCUT2D eigenvalue weighted by Crippen LogP contribution is -2.29. The van der Waals surface area contributed by atoms with Crippen molar-refractivity contribution in [2.45, 2.75) is 13.3 Å². The average Bonchev–Trinajstić information content (AvgIpc) is 2.39. The molecule has 1 unspecified atom stereocenters. The van der Waals surface area contributed by atoms with E-state index >= 15 is 0 Å². The van der Waals surface area contributed by atoms with E-state index in [1.165, 1.54) is 0 Å². The number of rotatable bonds is 6. The van der Waals surface area contributed by atoms with Gasteiger partial charge in [-0.15, -0.1) is 0 Å². The SMILES string of the molecule is CCS(=O)CCNC(=O)Cc1ccc(C#N)cc1. The zero-order valence-corrected chi connectivity index (χ0v) is 11.1. The van der Waals surface area contributed by atoms with Gasteiger partial charge in [-0.25, -0.2) is 0 Å². The van der Waals surface area contributed by atoms with Crippen LogP contribution >= 0.6 is 0 Å². The number of nitriles is 1. The number of hydrogen-bond donors (Lipinski definition) is 1. The zero-order valence-electron chi connectivity index (χ0n) is 10.3. The van der Waals surface area contributed by atoms with Gasteiger partial charge in [-0.2, -0.15) is 5.26 Å². The Labute approximate surface area is 109 Å². The molecule has 0 radical (unpaired) electrons. The second-order valence-electron chi connectivity index (χ2n) is 3.77. The van der Waals surface area contributed by atoms with Gasteiger partial charge in [0.25, 0.3) is 0 Å². The highest BCUT2D eigenvalue weighted by Crippen LogP contribution is 2.03. The summed E-state index contributed by atoms with van der Waals surface area (Å²) < 4.78 is 11.2. The first-order valence-electron chi connectivity index (χ1n) is 5.76. The van der Waals surface area contributed by atoms with E-state index < -0.39 is 10.8 Å². The lowest BCUT2D eigenvalue weighted by Gasteiger charge is -2.04. The van der Waals surface area contributed by atoms with E-state index in [2.05, 4.69) is 5.32 Å². The minimum Gasteiger partial charge on any atom is -0.355 e. The molecule has 0 aliphatic rings. The summed E-state index contributed by atoms with van der Waals surface area (Å²) in [5.74, 6) is 1.02. The van der Waals surface area contributed by atoms with Crippen LogP contribution in [-0.2, 0) is 22.0 Å². The third kappa shape index (κ3) is 5.11. The van der Waals surface area contributed by atoms with Gasteiger partial charge >= 0.3 is 0 Å². The third-order valence-corrected chi connectivity index (χ3v) is 3.73. The topological polar surface area (TPSA) is 70.0 Å². The molecule has 0 aromatic heterocycles. The average molecular weight is 264 g/mol. The number of nitrogens with one attached hydrogen (secondary N) is 1. The summed E-state index contributed by atoms with van der Waals surface area (Å²) in [5.41, 5.74) is 1.45. The minimum absolute atomic E-state index is 0.0900. The van der Waals surface area contributed by atoms with Crippen LogP contribution in [0, 0.1) is 11.3 Å². The molecular weight excluding hydrogens is 248 g/mol. The smallest absolute Gasteiger partial charge is 0.224 e. The molecule has 4 nitrogen and oxygen atoms in total. The summed E-state index contributed by atoms with van der Waals surface area (Å²) in [7, 11) is -0.845. The molecule has 0 saturated carbocycles. The Balaban J connectivity index is 2.35. The molecule has 1 rings (SSSR count). The van der Waals surface area contributed by atoms with Crippen molar-refractivity contribution in [1.82, 2.24) is 5.32 Å². The van der Waals surface area contributed by atoms with Gasteiger partial charge in [-0.3, -0.25) is 9.00 Å². The molecular formula is C13H16N2O2S. The van der Waals surface area contributed by atoms with Crippen LogP contribution in [0.2, 0.25) is 0 Å². The Morgan fingerprint density at radius 3 is 2.61 bits per heavy atom. The zero-order chi connectivity index (χ0) is 13.4. The summed E-state index contributed by atoms with van der Waals surface area (Å²) in [6.45, 7) is 2.30. The summed E-state index contributed by atoms with van der Waals surface area (Å²) in [6, 6.07) is 8.94. The second-order valence-corrected chi connectivity index (χ2v) is 5.63. The molecule has 5 heteroatoms. The molecule has 0 fully saturated rings. The fraction of sp³-hybridized carbons (Fsp3) is 0.385. The molecule has 0 spiro atoms. The molecule has 18 heavy (non-hydrogen) atoms. The van der Waals surface area contributed by atoms with Gasteiger partial charge in [-0.05, 0) is 17.7 Å². The van der Waals surface area contributed by atoms with Gasteiger partial charge in [0.1, 0.15) is 0 Å². The van der Waals surface area contributed by atoms with E-state index in [1.54, 1.807) is 24.3 Å². The van der Waals surface area contributed by atoms with Crippen LogP contribution in [0.15, 0.2) is 24.3 Å². The largest absolute Gasteiger partial charge is 0.355 e. The van der Waals surface area contributed by atoms with Crippen molar-refractivity contribution >= 4 is 16.7 Å². The molecule has 1 atom stereocenters. The Morgan fingerprint density at radius 2 is 2.06 bits per heavy atom. The van der Waals surface area contributed by atoms with E-state index in [0.717, 1.165) is 5.56 Å². The molecule has 0 aliphatic heterocycles. The maximum absolute atomic E-state index is 11.6. The van der Waals surface area contributed by atoms with Gasteiger partial charge in [0.15, 0.2) is 0 Å². The predicted octanol–water partition coefficient (Wildman–Crippen LogP) is 0.986. The molecule has 0 heterocycles. The van der Waals surface area contributed by atoms with Crippen molar-refractivity contribution in [3.05, 3.63) is 35.4 Å². The Morgan fingerprint density at radius 1 is 1.39 bits per heavy atom.